The number of piperidine rings is 1. The summed E-state index contributed by atoms with van der Waals surface area (Å²) in [5, 5.41) is 6.78. The van der Waals surface area contributed by atoms with Gasteiger partial charge in [-0.3, -0.25) is 0 Å². The van der Waals surface area contributed by atoms with E-state index in [1.54, 1.807) is 0 Å². The van der Waals surface area contributed by atoms with Gasteiger partial charge in [-0.2, -0.15) is 4.98 Å². The van der Waals surface area contributed by atoms with Crippen LogP contribution in [-0.2, 0) is 0 Å². The number of nitrogens with zero attached hydrogens (tertiary/aromatic N) is 3. The predicted molar refractivity (Wildman–Crippen MR) is 91.9 cm³/mol. The molecule has 21 heavy (non-hydrogen) atoms. The van der Waals surface area contributed by atoms with Crippen molar-refractivity contribution >= 4 is 29.1 Å². The molecule has 0 amide bonds. The first-order chi connectivity index (χ1) is 9.94. The first-order valence-corrected chi connectivity index (χ1v) is 8.03. The van der Waals surface area contributed by atoms with E-state index in [0.717, 1.165) is 24.6 Å². The van der Waals surface area contributed by atoms with Crippen molar-refractivity contribution in [2.75, 3.05) is 23.3 Å². The van der Waals surface area contributed by atoms with E-state index in [1.807, 2.05) is 26.8 Å². The number of hydrogen-bond donors (Lipinski definition) is 2. The third-order valence-corrected chi connectivity index (χ3v) is 3.69. The molecule has 0 radical (unpaired) electrons. The quantitative estimate of drug-likeness (QED) is 0.838. The molecule has 1 fully saturated rings. The minimum Gasteiger partial charge on any atom is -0.360 e. The molecule has 116 valence electrons. The van der Waals surface area contributed by atoms with Gasteiger partial charge < -0.3 is 15.5 Å². The number of rotatable bonds is 3. The molecule has 2 heterocycles. The standard InChI is InChI=1S/C15H25N5S/c1-10(2)16-15(21)19-14-17-12(4)8-13(18-14)20-7-5-6-11(3)9-20/h8,10-11H,5-7,9H2,1-4H3,(H2,16,17,18,19,21). The third kappa shape index (κ3) is 4.81. The summed E-state index contributed by atoms with van der Waals surface area (Å²) in [7, 11) is 0. The monoisotopic (exact) mass is 307 g/mol. The van der Waals surface area contributed by atoms with E-state index in [9.17, 15) is 0 Å². The van der Waals surface area contributed by atoms with E-state index < -0.39 is 0 Å². The van der Waals surface area contributed by atoms with Gasteiger partial charge in [0.1, 0.15) is 5.82 Å². The Morgan fingerprint density at radius 3 is 2.86 bits per heavy atom. The summed E-state index contributed by atoms with van der Waals surface area (Å²) in [6.45, 7) is 10.5. The molecule has 1 aromatic rings. The Kier molecular flexibility index (Phi) is 5.33. The predicted octanol–water partition coefficient (Wildman–Crippen LogP) is 2.72. The Labute approximate surface area is 132 Å². The lowest BCUT2D eigenvalue weighted by Gasteiger charge is -2.32. The summed E-state index contributed by atoms with van der Waals surface area (Å²) in [5.41, 5.74) is 0.952. The van der Waals surface area contributed by atoms with Crippen LogP contribution in [0.25, 0.3) is 0 Å². The van der Waals surface area contributed by atoms with Gasteiger partial charge in [0.05, 0.1) is 0 Å². The van der Waals surface area contributed by atoms with E-state index in [1.165, 1.54) is 12.8 Å². The second-order valence-electron chi connectivity index (χ2n) is 6.14. The largest absolute Gasteiger partial charge is 0.360 e. The minimum atomic E-state index is 0.289. The summed E-state index contributed by atoms with van der Waals surface area (Å²) >= 11 is 5.26. The molecular weight excluding hydrogens is 282 g/mol. The van der Waals surface area contributed by atoms with Gasteiger partial charge in [0.2, 0.25) is 5.95 Å². The Hall–Kier alpha value is -1.43. The topological polar surface area (TPSA) is 53.1 Å². The zero-order valence-corrected chi connectivity index (χ0v) is 14.1. The van der Waals surface area contributed by atoms with Crippen molar-refractivity contribution in [3.63, 3.8) is 0 Å². The van der Waals surface area contributed by atoms with Crippen LogP contribution in [0.2, 0.25) is 0 Å². The van der Waals surface area contributed by atoms with E-state index in [2.05, 4.69) is 32.4 Å². The molecular formula is C15H25N5S. The number of aryl methyl sites for hydroxylation is 1. The molecule has 1 unspecified atom stereocenters. The van der Waals surface area contributed by atoms with Crippen LogP contribution in [0.15, 0.2) is 6.07 Å². The van der Waals surface area contributed by atoms with Crippen molar-refractivity contribution in [3.05, 3.63) is 11.8 Å². The zero-order valence-electron chi connectivity index (χ0n) is 13.3. The normalized spacial score (nSPS) is 18.7. The first-order valence-electron chi connectivity index (χ1n) is 7.62. The Bertz CT molecular complexity index is 503. The van der Waals surface area contributed by atoms with Gasteiger partial charge in [-0.15, -0.1) is 0 Å². The summed E-state index contributed by atoms with van der Waals surface area (Å²) in [6.07, 6.45) is 2.52. The van der Waals surface area contributed by atoms with Crippen molar-refractivity contribution in [1.82, 2.24) is 15.3 Å². The molecule has 1 aromatic heterocycles. The Morgan fingerprint density at radius 2 is 2.19 bits per heavy atom. The number of hydrogen-bond acceptors (Lipinski definition) is 4. The molecule has 2 N–H and O–H groups in total. The van der Waals surface area contributed by atoms with Gasteiger partial charge in [-0.05, 0) is 51.7 Å². The first kappa shape index (κ1) is 15.9. The third-order valence-electron chi connectivity index (χ3n) is 3.47. The van der Waals surface area contributed by atoms with Crippen molar-refractivity contribution in [1.29, 1.82) is 0 Å². The second kappa shape index (κ2) is 7.02. The summed E-state index contributed by atoms with van der Waals surface area (Å²) < 4.78 is 0. The molecule has 1 saturated heterocycles. The highest BCUT2D eigenvalue weighted by Gasteiger charge is 2.18. The molecule has 1 atom stereocenters. The van der Waals surface area contributed by atoms with Crippen LogP contribution >= 0.6 is 12.2 Å². The van der Waals surface area contributed by atoms with Crippen molar-refractivity contribution in [3.8, 4) is 0 Å². The lowest BCUT2D eigenvalue weighted by molar-refractivity contribution is 0.444. The molecule has 2 rings (SSSR count). The van der Waals surface area contributed by atoms with Gasteiger partial charge in [-0.25, -0.2) is 4.98 Å². The van der Waals surface area contributed by atoms with Crippen LogP contribution in [0.4, 0.5) is 11.8 Å². The number of aromatic nitrogens is 2. The number of thiocarbonyl (C=S) groups is 1. The lowest BCUT2D eigenvalue weighted by Crippen LogP contribution is -2.36. The van der Waals surface area contributed by atoms with Crippen LogP contribution in [0.5, 0.6) is 0 Å². The molecule has 1 aliphatic heterocycles. The fourth-order valence-corrected chi connectivity index (χ4v) is 2.89. The molecule has 0 bridgehead atoms. The Balaban J connectivity index is 2.11. The van der Waals surface area contributed by atoms with E-state index in [0.29, 0.717) is 17.0 Å². The van der Waals surface area contributed by atoms with Gasteiger partial charge >= 0.3 is 0 Å². The molecule has 0 spiro atoms. The second-order valence-corrected chi connectivity index (χ2v) is 6.55. The summed E-state index contributed by atoms with van der Waals surface area (Å²) in [4.78, 5) is 11.4. The number of anilines is 2. The van der Waals surface area contributed by atoms with Crippen LogP contribution in [0.3, 0.4) is 0 Å². The summed E-state index contributed by atoms with van der Waals surface area (Å²) in [5.74, 6) is 2.28. The fourth-order valence-electron chi connectivity index (χ4n) is 2.57. The smallest absolute Gasteiger partial charge is 0.231 e. The molecule has 0 saturated carbocycles. The van der Waals surface area contributed by atoms with Crippen LogP contribution < -0.4 is 15.5 Å². The van der Waals surface area contributed by atoms with Gasteiger partial charge in [0, 0.05) is 30.9 Å². The highest BCUT2D eigenvalue weighted by atomic mass is 32.1. The molecule has 0 aliphatic carbocycles. The molecule has 6 heteroatoms. The van der Waals surface area contributed by atoms with Gasteiger partial charge in [-0.1, -0.05) is 6.92 Å². The van der Waals surface area contributed by atoms with Crippen LogP contribution in [-0.4, -0.2) is 34.2 Å². The average molecular weight is 307 g/mol. The van der Waals surface area contributed by atoms with E-state index in [-0.39, 0.29) is 6.04 Å². The Morgan fingerprint density at radius 1 is 1.43 bits per heavy atom. The van der Waals surface area contributed by atoms with E-state index >= 15 is 0 Å². The van der Waals surface area contributed by atoms with Crippen LogP contribution in [0, 0.1) is 12.8 Å². The zero-order chi connectivity index (χ0) is 15.4. The van der Waals surface area contributed by atoms with E-state index in [4.69, 9.17) is 12.2 Å². The van der Waals surface area contributed by atoms with Gasteiger partial charge in [0.15, 0.2) is 5.11 Å². The van der Waals surface area contributed by atoms with Crippen molar-refractivity contribution < 1.29 is 0 Å². The number of nitrogens with one attached hydrogen (secondary N) is 2. The molecule has 5 nitrogen and oxygen atoms in total. The maximum atomic E-state index is 5.26. The molecule has 0 aromatic carbocycles. The highest BCUT2D eigenvalue weighted by Crippen LogP contribution is 2.22. The van der Waals surface area contributed by atoms with Crippen LogP contribution in [0.1, 0.15) is 39.3 Å². The fraction of sp³-hybridized carbons (Fsp3) is 0.667. The average Bonchev–Trinajstić information content (AvgIpc) is 2.36. The van der Waals surface area contributed by atoms with Gasteiger partial charge in [0.25, 0.3) is 0 Å². The highest BCUT2D eigenvalue weighted by molar-refractivity contribution is 7.80. The summed E-state index contributed by atoms with van der Waals surface area (Å²) in [6, 6.07) is 2.33. The molecule has 1 aliphatic rings. The minimum absolute atomic E-state index is 0.289. The maximum Gasteiger partial charge on any atom is 0.231 e. The lowest BCUT2D eigenvalue weighted by atomic mass is 10.0. The van der Waals surface area contributed by atoms with Crippen molar-refractivity contribution in [2.24, 2.45) is 5.92 Å². The van der Waals surface area contributed by atoms with Crippen molar-refractivity contribution in [2.45, 2.75) is 46.6 Å². The maximum absolute atomic E-state index is 5.26. The SMILES string of the molecule is Cc1cc(N2CCCC(C)C2)nc(NC(=S)NC(C)C)n1.